The van der Waals surface area contributed by atoms with Crippen LogP contribution in [0.3, 0.4) is 0 Å². The summed E-state index contributed by atoms with van der Waals surface area (Å²) in [7, 11) is 1.63. The maximum atomic E-state index is 10.3. The molecule has 0 aliphatic carbocycles. The van der Waals surface area contributed by atoms with Crippen LogP contribution < -0.4 is 4.74 Å². The monoisotopic (exact) mass is 323 g/mol. The Kier molecular flexibility index (Phi) is 9.82. The molecular formula is C16H25N3O4. The molecule has 0 saturated carbocycles. The van der Waals surface area contributed by atoms with E-state index in [1.165, 1.54) is 6.20 Å². The molecular weight excluding hydrogens is 298 g/mol. The van der Waals surface area contributed by atoms with Crippen molar-refractivity contribution in [3.8, 4) is 6.01 Å². The molecule has 7 nitrogen and oxygen atoms in total. The maximum absolute atomic E-state index is 10.3. The third kappa shape index (κ3) is 6.82. The van der Waals surface area contributed by atoms with Crippen LogP contribution in [0.25, 0.3) is 0 Å². The van der Waals surface area contributed by atoms with Gasteiger partial charge < -0.3 is 19.6 Å². The van der Waals surface area contributed by atoms with Crippen LogP contribution in [-0.4, -0.2) is 27.7 Å². The van der Waals surface area contributed by atoms with Gasteiger partial charge in [0.1, 0.15) is 18.1 Å². The van der Waals surface area contributed by atoms with Crippen molar-refractivity contribution in [3.63, 3.8) is 0 Å². The number of nitrogens with zero attached hydrogens (tertiary/aromatic N) is 3. The van der Waals surface area contributed by atoms with Crippen molar-refractivity contribution in [3.05, 3.63) is 53.0 Å². The zero-order valence-corrected chi connectivity index (χ0v) is 14.4. The van der Waals surface area contributed by atoms with Crippen LogP contribution in [0.15, 0.2) is 42.8 Å². The Hall–Kier alpha value is -2.57. The first-order valence-corrected chi connectivity index (χ1v) is 7.39. The molecule has 0 N–H and O–H groups in total. The van der Waals surface area contributed by atoms with Gasteiger partial charge in [0.05, 0.1) is 13.7 Å². The Morgan fingerprint density at radius 3 is 2.70 bits per heavy atom. The molecule has 1 aliphatic heterocycles. The molecule has 0 amide bonds. The smallest absolute Gasteiger partial charge is 0.414 e. The number of methoxy groups -OCH3 is 1. The van der Waals surface area contributed by atoms with Gasteiger partial charge in [-0.15, -0.1) is 0 Å². The van der Waals surface area contributed by atoms with E-state index in [2.05, 4.69) is 11.6 Å². The highest BCUT2D eigenvalue weighted by Crippen LogP contribution is 2.23. The summed E-state index contributed by atoms with van der Waals surface area (Å²) in [5.74, 6) is 0.671. The second-order valence-corrected chi connectivity index (χ2v) is 4.23. The molecule has 1 atom stereocenters. The number of fused-ring (bicyclic) bond motifs is 1. The van der Waals surface area contributed by atoms with Crippen molar-refractivity contribution in [2.75, 3.05) is 7.11 Å². The Morgan fingerprint density at radius 1 is 1.61 bits per heavy atom. The first-order chi connectivity index (χ1) is 11.0. The fourth-order valence-corrected chi connectivity index (χ4v) is 1.66. The minimum absolute atomic E-state index is 0.0632. The van der Waals surface area contributed by atoms with Crippen LogP contribution in [0.5, 0.6) is 6.01 Å². The molecule has 0 fully saturated rings. The third-order valence-corrected chi connectivity index (χ3v) is 2.52. The molecule has 2 heterocycles. The lowest BCUT2D eigenvalue weighted by atomic mass is 10.4. The molecule has 0 spiro atoms. The maximum Gasteiger partial charge on any atom is 0.414 e. The first-order valence-electron chi connectivity index (χ1n) is 7.39. The van der Waals surface area contributed by atoms with Crippen molar-refractivity contribution in [1.82, 2.24) is 9.55 Å². The molecule has 0 radical (unpaired) electrons. The van der Waals surface area contributed by atoms with Crippen molar-refractivity contribution >= 4 is 5.82 Å². The molecule has 1 aliphatic rings. The van der Waals surface area contributed by atoms with Crippen LogP contribution in [-0.2, 0) is 11.3 Å². The number of rotatable bonds is 4. The molecule has 7 heteroatoms. The molecule has 1 aromatic rings. The first kappa shape index (κ1) is 20.4. The van der Waals surface area contributed by atoms with E-state index in [1.54, 1.807) is 23.8 Å². The largest absolute Gasteiger partial charge is 0.497 e. The quantitative estimate of drug-likeness (QED) is 0.363. The Balaban J connectivity index is 0.000000396. The standard InChI is InChI=1S/C8H12O.C6H7N3O3.C2H6/c1-4-6-8(9-3)7-5-2;1-4-2-8-3-5(9(10)11)7-6(8)12-4;1-2/h4-7H,1H2,2-3H3;3-4H,2H2,1H3;1-2H3/b7-5-,8-6+;;. The van der Waals surface area contributed by atoms with E-state index in [9.17, 15) is 10.1 Å². The van der Waals surface area contributed by atoms with Crippen LogP contribution in [0, 0.1) is 10.1 Å². The fourth-order valence-electron chi connectivity index (χ4n) is 1.66. The van der Waals surface area contributed by atoms with Gasteiger partial charge in [-0.3, -0.25) is 4.57 Å². The van der Waals surface area contributed by atoms with Gasteiger partial charge in [0.15, 0.2) is 0 Å². The van der Waals surface area contributed by atoms with Gasteiger partial charge in [-0.1, -0.05) is 32.6 Å². The van der Waals surface area contributed by atoms with Gasteiger partial charge in [-0.2, -0.15) is 0 Å². The van der Waals surface area contributed by atoms with Crippen molar-refractivity contribution < 1.29 is 14.4 Å². The van der Waals surface area contributed by atoms with Gasteiger partial charge in [0.2, 0.25) is 0 Å². The summed E-state index contributed by atoms with van der Waals surface area (Å²) in [4.78, 5) is 13.4. The minimum Gasteiger partial charge on any atom is -0.497 e. The average molecular weight is 323 g/mol. The summed E-state index contributed by atoms with van der Waals surface area (Å²) in [6.45, 7) is 12.0. The summed E-state index contributed by atoms with van der Waals surface area (Å²) in [6.07, 6.45) is 8.74. The Morgan fingerprint density at radius 2 is 2.26 bits per heavy atom. The van der Waals surface area contributed by atoms with Crippen molar-refractivity contribution in [2.45, 2.75) is 40.3 Å². The van der Waals surface area contributed by atoms with Gasteiger partial charge in [0.25, 0.3) is 0 Å². The molecule has 0 saturated heterocycles. The Bertz CT molecular complexity index is 538. The number of nitro groups is 1. The number of allylic oxidation sites excluding steroid dienone is 4. The second kappa shape index (κ2) is 11.1. The van der Waals surface area contributed by atoms with Gasteiger partial charge in [-0.25, -0.2) is 0 Å². The zero-order valence-electron chi connectivity index (χ0n) is 14.4. The van der Waals surface area contributed by atoms with Crippen LogP contribution in [0.1, 0.15) is 27.7 Å². The van der Waals surface area contributed by atoms with E-state index in [0.29, 0.717) is 12.6 Å². The summed E-state index contributed by atoms with van der Waals surface area (Å²) in [5.41, 5.74) is 0. The predicted molar refractivity (Wildman–Crippen MR) is 90.4 cm³/mol. The fraction of sp³-hybridized carbons (Fsp3) is 0.438. The van der Waals surface area contributed by atoms with E-state index >= 15 is 0 Å². The molecule has 0 aromatic carbocycles. The highest BCUT2D eigenvalue weighted by Gasteiger charge is 2.28. The lowest BCUT2D eigenvalue weighted by Gasteiger charge is -1.96. The number of hydrogen-bond donors (Lipinski definition) is 0. The molecule has 1 unspecified atom stereocenters. The van der Waals surface area contributed by atoms with E-state index in [-0.39, 0.29) is 11.9 Å². The third-order valence-electron chi connectivity index (χ3n) is 2.52. The van der Waals surface area contributed by atoms with Gasteiger partial charge in [-0.05, 0) is 30.9 Å². The van der Waals surface area contributed by atoms with Crippen LogP contribution in [0.2, 0.25) is 0 Å². The zero-order chi connectivity index (χ0) is 17.8. The molecule has 2 rings (SSSR count). The summed E-state index contributed by atoms with van der Waals surface area (Å²) >= 11 is 0. The van der Waals surface area contributed by atoms with E-state index in [1.807, 2.05) is 39.8 Å². The van der Waals surface area contributed by atoms with Gasteiger partial charge in [0, 0.05) is 4.98 Å². The SMILES string of the molecule is C=C/C=C(\C=C/C)OC.CC.CC1Cn2cc([N+](=O)[O-])nc2O1. The number of imidazole rings is 1. The summed E-state index contributed by atoms with van der Waals surface area (Å²) in [6, 6.07) is 0.342. The normalized spacial score (nSPS) is 15.5. The lowest BCUT2D eigenvalue weighted by Crippen LogP contribution is -2.08. The van der Waals surface area contributed by atoms with Crippen molar-refractivity contribution in [2.24, 2.45) is 0 Å². The highest BCUT2D eigenvalue weighted by molar-refractivity contribution is 5.22. The molecule has 0 bridgehead atoms. The van der Waals surface area contributed by atoms with Gasteiger partial charge >= 0.3 is 11.8 Å². The number of ether oxygens (including phenoxy) is 2. The Labute approximate surface area is 137 Å². The van der Waals surface area contributed by atoms with E-state index in [0.717, 1.165) is 5.76 Å². The topological polar surface area (TPSA) is 79.4 Å². The van der Waals surface area contributed by atoms with Crippen LogP contribution >= 0.6 is 0 Å². The highest BCUT2D eigenvalue weighted by atomic mass is 16.6. The van der Waals surface area contributed by atoms with Crippen molar-refractivity contribution in [1.29, 1.82) is 0 Å². The van der Waals surface area contributed by atoms with E-state index < -0.39 is 4.92 Å². The second-order valence-electron chi connectivity index (χ2n) is 4.23. The van der Waals surface area contributed by atoms with E-state index in [4.69, 9.17) is 9.47 Å². The molecule has 23 heavy (non-hydrogen) atoms. The average Bonchev–Trinajstić information content (AvgIpc) is 3.07. The molecule has 1 aromatic heterocycles. The number of aromatic nitrogens is 2. The predicted octanol–water partition coefficient (Wildman–Crippen LogP) is 3.88. The molecule has 128 valence electrons. The lowest BCUT2D eigenvalue weighted by molar-refractivity contribution is -0.389. The van der Waals surface area contributed by atoms with Crippen LogP contribution in [0.4, 0.5) is 5.82 Å². The minimum atomic E-state index is -0.528. The summed E-state index contributed by atoms with van der Waals surface area (Å²) in [5, 5.41) is 10.3. The number of hydrogen-bond acceptors (Lipinski definition) is 5. The summed E-state index contributed by atoms with van der Waals surface area (Å²) < 4.78 is 11.8.